The molecule has 0 unspecified atom stereocenters. The Morgan fingerprint density at radius 3 is 1.51 bits per heavy atom. The van der Waals surface area contributed by atoms with Crippen LogP contribution >= 0.6 is 31.9 Å². The zero-order chi connectivity index (χ0) is 44.2. The van der Waals surface area contributed by atoms with E-state index in [-0.39, 0.29) is 40.4 Å². The highest BCUT2D eigenvalue weighted by molar-refractivity contribution is 9.10. The molecule has 0 saturated carbocycles. The summed E-state index contributed by atoms with van der Waals surface area (Å²) in [5.41, 5.74) is 1.81. The van der Waals surface area contributed by atoms with Crippen molar-refractivity contribution >= 4 is 66.7 Å². The molecule has 2 aliphatic carbocycles. The van der Waals surface area contributed by atoms with E-state index in [2.05, 4.69) is 53.9 Å². The van der Waals surface area contributed by atoms with E-state index >= 15 is 0 Å². The minimum Gasteiger partial charge on any atom is -0.480 e. The number of benzene rings is 4. The molecule has 17 heteroatoms. The van der Waals surface area contributed by atoms with E-state index in [1.807, 2.05) is 30.3 Å². The number of carbonyl (C=O) groups excluding carboxylic acids is 3. The van der Waals surface area contributed by atoms with Crippen LogP contribution in [0.1, 0.15) is 81.5 Å². The maximum atomic E-state index is 13.1. The van der Waals surface area contributed by atoms with E-state index < -0.39 is 36.0 Å². The van der Waals surface area contributed by atoms with Gasteiger partial charge in [-0.15, -0.1) is 0 Å². The molecule has 9 nitrogen and oxygen atoms in total. The Balaban J connectivity index is 0.000000169. The number of aliphatic carboxylic acids is 1. The van der Waals surface area contributed by atoms with Crippen molar-refractivity contribution in [3.63, 3.8) is 0 Å². The number of nitrogens with zero attached hydrogens (tertiary/aromatic N) is 1. The van der Waals surface area contributed by atoms with Gasteiger partial charge in [0, 0.05) is 68.2 Å². The van der Waals surface area contributed by atoms with E-state index in [4.69, 9.17) is 5.11 Å². The van der Waals surface area contributed by atoms with Gasteiger partial charge in [-0.25, -0.2) is 0 Å². The van der Waals surface area contributed by atoms with Gasteiger partial charge in [-0.2, -0.15) is 26.3 Å². The molecule has 2 heterocycles. The summed E-state index contributed by atoms with van der Waals surface area (Å²) >= 11 is 7.18. The molecule has 1 amide bonds. The molecule has 4 aromatic carbocycles. The lowest BCUT2D eigenvalue weighted by molar-refractivity contribution is -0.138. The second kappa shape index (κ2) is 18.7. The third kappa shape index (κ3) is 10.3. The molecule has 0 bridgehead atoms. The van der Waals surface area contributed by atoms with Crippen molar-refractivity contribution in [1.82, 2.24) is 10.2 Å². The van der Waals surface area contributed by atoms with Crippen LogP contribution < -0.4 is 16.0 Å². The van der Waals surface area contributed by atoms with Crippen LogP contribution in [0.2, 0.25) is 0 Å². The third-order valence-electron chi connectivity index (χ3n) is 11.6. The molecule has 61 heavy (non-hydrogen) atoms. The molecule has 0 atom stereocenters. The van der Waals surface area contributed by atoms with Gasteiger partial charge in [-0.3, -0.25) is 19.2 Å². The number of ketones is 2. The third-order valence-corrected chi connectivity index (χ3v) is 13.0. The molecule has 0 radical (unpaired) electrons. The first-order valence-corrected chi connectivity index (χ1v) is 21.1. The number of alkyl halides is 6. The first kappa shape index (κ1) is 45.8. The Labute approximate surface area is 364 Å². The van der Waals surface area contributed by atoms with Crippen molar-refractivity contribution in [3.05, 3.63) is 127 Å². The highest BCUT2D eigenvalue weighted by atomic mass is 79.9. The van der Waals surface area contributed by atoms with Gasteiger partial charge < -0.3 is 26.0 Å². The fourth-order valence-corrected chi connectivity index (χ4v) is 10.3. The SMILES string of the molecule is O=C(O)CNc1ccccc1C(F)(F)F.O=C1CC2(CCN(C(=O)CNc3ccccc3C(F)(F)F)CC2)c2c(Br)cccc21.O=C1CC2(CCNCC2)c2c(Br)cccc21. The number of carbonyl (C=O) groups is 4. The monoisotopic (exact) mass is 978 g/mol. The number of nitrogens with one attached hydrogen (secondary N) is 3. The Kier molecular flexibility index (Phi) is 14.0. The Morgan fingerprint density at radius 2 is 1.07 bits per heavy atom. The molecular weight excluding hydrogens is 938 g/mol. The van der Waals surface area contributed by atoms with Crippen molar-refractivity contribution in [1.29, 1.82) is 0 Å². The molecule has 2 fully saturated rings. The van der Waals surface area contributed by atoms with Crippen LogP contribution in [0.4, 0.5) is 37.7 Å². The summed E-state index contributed by atoms with van der Waals surface area (Å²) < 4.78 is 78.5. The van der Waals surface area contributed by atoms with Gasteiger partial charge in [0.2, 0.25) is 5.91 Å². The first-order valence-electron chi connectivity index (χ1n) is 19.5. The second-order valence-electron chi connectivity index (χ2n) is 15.4. The number of hydrogen-bond donors (Lipinski definition) is 4. The highest BCUT2D eigenvalue weighted by Gasteiger charge is 2.47. The lowest BCUT2D eigenvalue weighted by Gasteiger charge is -2.40. The Morgan fingerprint density at radius 1 is 0.639 bits per heavy atom. The average molecular weight is 981 g/mol. The summed E-state index contributed by atoms with van der Waals surface area (Å²) in [7, 11) is 0. The number of rotatable bonds is 6. The van der Waals surface area contributed by atoms with Crippen LogP contribution in [0.3, 0.4) is 0 Å². The normalized spacial score (nSPS) is 17.4. The topological polar surface area (TPSA) is 128 Å². The molecule has 4 aromatic rings. The molecule has 2 aliphatic heterocycles. The van der Waals surface area contributed by atoms with Crippen molar-refractivity contribution in [2.75, 3.05) is 49.9 Å². The van der Waals surface area contributed by atoms with E-state index in [9.17, 15) is 45.5 Å². The number of halogens is 8. The lowest BCUT2D eigenvalue weighted by atomic mass is 9.74. The van der Waals surface area contributed by atoms with Crippen molar-refractivity contribution in [2.45, 2.75) is 61.7 Å². The smallest absolute Gasteiger partial charge is 0.418 e. The number of para-hydroxylation sites is 2. The molecule has 2 spiro atoms. The fraction of sp³-hybridized carbons (Fsp3) is 0.364. The van der Waals surface area contributed by atoms with E-state index in [0.717, 1.165) is 63.7 Å². The van der Waals surface area contributed by atoms with Crippen LogP contribution in [0.15, 0.2) is 93.9 Å². The summed E-state index contributed by atoms with van der Waals surface area (Å²) in [6.45, 7) is 2.22. The number of likely N-dealkylation sites (tertiary alicyclic amines) is 1. The van der Waals surface area contributed by atoms with Gasteiger partial charge >= 0.3 is 18.3 Å². The van der Waals surface area contributed by atoms with Gasteiger partial charge in [0.15, 0.2) is 11.6 Å². The number of carboxylic acid groups (broad SMARTS) is 1. The zero-order valence-corrected chi connectivity index (χ0v) is 35.8. The molecule has 8 rings (SSSR count). The van der Waals surface area contributed by atoms with E-state index in [0.29, 0.717) is 44.6 Å². The van der Waals surface area contributed by atoms with Gasteiger partial charge in [-0.1, -0.05) is 80.4 Å². The van der Waals surface area contributed by atoms with Gasteiger partial charge in [0.25, 0.3) is 0 Å². The average Bonchev–Trinajstić information content (AvgIpc) is 3.66. The van der Waals surface area contributed by atoms with Crippen molar-refractivity contribution < 1.29 is 50.6 Å². The molecule has 0 aromatic heterocycles. The van der Waals surface area contributed by atoms with Gasteiger partial charge in [-0.05, 0) is 86.3 Å². The minimum atomic E-state index is -4.49. The van der Waals surface area contributed by atoms with Gasteiger partial charge in [0.05, 0.1) is 17.7 Å². The number of anilines is 2. The Bertz CT molecular complexity index is 2290. The first-order chi connectivity index (χ1) is 28.8. The predicted molar refractivity (Wildman–Crippen MR) is 225 cm³/mol. The maximum absolute atomic E-state index is 13.1. The van der Waals surface area contributed by atoms with Crippen LogP contribution in [-0.2, 0) is 32.8 Å². The van der Waals surface area contributed by atoms with E-state index in [1.165, 1.54) is 42.0 Å². The number of fused-ring (bicyclic) bond motifs is 4. The molecular formula is C44H42Br2F6N4O5. The molecule has 4 N–H and O–H groups in total. The number of Topliss-reactive ketones (excluding diaryl/α,β-unsaturated/α-hetero) is 2. The zero-order valence-electron chi connectivity index (χ0n) is 32.6. The maximum Gasteiger partial charge on any atom is 0.418 e. The summed E-state index contributed by atoms with van der Waals surface area (Å²) in [4.78, 5) is 49.0. The number of hydrogen-bond acceptors (Lipinski definition) is 7. The summed E-state index contributed by atoms with van der Waals surface area (Å²) in [6, 6.07) is 21.5. The summed E-state index contributed by atoms with van der Waals surface area (Å²) in [6.07, 6.45) is -4.37. The molecule has 4 aliphatic rings. The Hall–Kier alpha value is -4.74. The summed E-state index contributed by atoms with van der Waals surface area (Å²) in [5.74, 6) is -1.03. The summed E-state index contributed by atoms with van der Waals surface area (Å²) in [5, 5.41) is 16.5. The number of piperidine rings is 2. The number of carboxylic acids is 1. The number of amides is 1. The van der Waals surface area contributed by atoms with Crippen molar-refractivity contribution in [2.24, 2.45) is 0 Å². The minimum absolute atomic E-state index is 0.105. The van der Waals surface area contributed by atoms with Crippen LogP contribution in [0.25, 0.3) is 0 Å². The highest BCUT2D eigenvalue weighted by Crippen LogP contribution is 2.50. The van der Waals surface area contributed by atoms with E-state index in [1.54, 1.807) is 4.90 Å². The second-order valence-corrected chi connectivity index (χ2v) is 17.1. The largest absolute Gasteiger partial charge is 0.480 e. The van der Waals surface area contributed by atoms with Crippen molar-refractivity contribution in [3.8, 4) is 0 Å². The van der Waals surface area contributed by atoms with Crippen LogP contribution in [-0.4, -0.2) is 72.7 Å². The standard InChI is InChI=1S/C22H20BrF3N2O2.C13H14BrNO.C9H8F3NO2/c23-16-6-3-4-14-18(29)12-21(20(14)16)8-10-28(11-9-21)19(30)13-27-17-7-2-1-5-15(17)22(24,25)26;14-10-3-1-2-9-11(16)8-13(12(9)10)4-6-15-7-5-13;10-9(11,12)6-3-1-2-4-7(6)13-5-8(14)15/h1-7,27H,8-13H2;1-3,15H,4-8H2;1-4,13H,5H2,(H,14,15). The molecule has 2 saturated heterocycles. The van der Waals surface area contributed by atoms with Gasteiger partial charge in [0.1, 0.15) is 6.54 Å². The lowest BCUT2D eigenvalue weighted by Crippen LogP contribution is -2.46. The fourth-order valence-electron chi connectivity index (χ4n) is 8.74. The quantitative estimate of drug-likeness (QED) is 0.141. The predicted octanol–water partition coefficient (Wildman–Crippen LogP) is 9.89. The molecule has 324 valence electrons. The van der Waals surface area contributed by atoms with Crippen LogP contribution in [0, 0.1) is 0 Å². The van der Waals surface area contributed by atoms with Crippen LogP contribution in [0.5, 0.6) is 0 Å².